The van der Waals surface area contributed by atoms with Crippen LogP contribution in [0.5, 0.6) is 17.2 Å². The number of ether oxygens (including phenoxy) is 1. The lowest BCUT2D eigenvalue weighted by Crippen LogP contribution is -2.23. The number of imidazole rings is 1. The Morgan fingerprint density at radius 1 is 1.07 bits per heavy atom. The highest BCUT2D eigenvalue weighted by Gasteiger charge is 2.18. The van der Waals surface area contributed by atoms with E-state index in [0.717, 1.165) is 24.5 Å². The zero-order valence-electron chi connectivity index (χ0n) is 17.2. The summed E-state index contributed by atoms with van der Waals surface area (Å²) in [5.74, 6) is 0.666. The van der Waals surface area contributed by atoms with Crippen LogP contribution in [0.1, 0.15) is 26.3 Å². The first kappa shape index (κ1) is 20.4. The van der Waals surface area contributed by atoms with Gasteiger partial charge in [-0.25, -0.2) is 4.79 Å². The molecule has 0 aliphatic heterocycles. The SMILES string of the molecule is CCc1cc(-c2c[nH]c(=O)n2-c2ccc(OC)c(N(CC)CC)c2)c(O)cc1O. The Labute approximate surface area is 169 Å². The highest BCUT2D eigenvalue weighted by molar-refractivity contribution is 5.72. The second-order valence-corrected chi connectivity index (χ2v) is 6.69. The second-order valence-electron chi connectivity index (χ2n) is 6.69. The molecular weight excluding hydrogens is 370 g/mol. The normalized spacial score (nSPS) is 10.9. The number of aromatic hydroxyl groups is 2. The number of nitrogens with one attached hydrogen (secondary N) is 1. The number of phenolic OH excluding ortho intramolecular Hbond substituents is 2. The molecule has 0 fully saturated rings. The van der Waals surface area contributed by atoms with Crippen molar-refractivity contribution in [1.29, 1.82) is 0 Å². The molecule has 0 amide bonds. The van der Waals surface area contributed by atoms with E-state index in [0.29, 0.717) is 28.9 Å². The molecule has 7 nitrogen and oxygen atoms in total. The van der Waals surface area contributed by atoms with Gasteiger partial charge in [-0.1, -0.05) is 6.92 Å². The van der Waals surface area contributed by atoms with Crippen molar-refractivity contribution in [2.45, 2.75) is 27.2 Å². The first-order chi connectivity index (χ1) is 13.9. The minimum atomic E-state index is -0.318. The molecule has 0 aliphatic rings. The van der Waals surface area contributed by atoms with E-state index >= 15 is 0 Å². The number of hydrogen-bond acceptors (Lipinski definition) is 5. The van der Waals surface area contributed by atoms with Gasteiger partial charge in [0.2, 0.25) is 0 Å². The van der Waals surface area contributed by atoms with E-state index in [-0.39, 0.29) is 17.2 Å². The van der Waals surface area contributed by atoms with Gasteiger partial charge in [-0.2, -0.15) is 0 Å². The number of nitrogens with zero attached hydrogens (tertiary/aromatic N) is 2. The van der Waals surface area contributed by atoms with Gasteiger partial charge in [-0.15, -0.1) is 0 Å². The molecule has 0 saturated heterocycles. The number of phenols is 2. The molecule has 3 aromatic rings. The molecule has 3 rings (SSSR count). The van der Waals surface area contributed by atoms with Crippen molar-refractivity contribution in [2.24, 2.45) is 0 Å². The topological polar surface area (TPSA) is 90.7 Å². The molecule has 0 bridgehead atoms. The molecule has 29 heavy (non-hydrogen) atoms. The Hall–Kier alpha value is -3.35. The fourth-order valence-corrected chi connectivity index (χ4v) is 3.56. The van der Waals surface area contributed by atoms with Gasteiger partial charge in [0.05, 0.1) is 24.2 Å². The predicted octanol–water partition coefficient (Wildman–Crippen LogP) is 3.66. The number of anilines is 1. The quantitative estimate of drug-likeness (QED) is 0.566. The molecule has 154 valence electrons. The summed E-state index contributed by atoms with van der Waals surface area (Å²) < 4.78 is 7.02. The first-order valence-electron chi connectivity index (χ1n) is 9.74. The maximum Gasteiger partial charge on any atom is 0.330 e. The van der Waals surface area contributed by atoms with Crippen LogP contribution in [-0.2, 0) is 6.42 Å². The van der Waals surface area contributed by atoms with Crippen LogP contribution in [-0.4, -0.2) is 40.0 Å². The second kappa shape index (κ2) is 8.34. The van der Waals surface area contributed by atoms with E-state index in [4.69, 9.17) is 4.74 Å². The Balaban J connectivity index is 2.22. The van der Waals surface area contributed by atoms with Gasteiger partial charge in [-0.3, -0.25) is 4.57 Å². The smallest absolute Gasteiger partial charge is 0.330 e. The number of aromatic amines is 1. The molecule has 0 aliphatic carbocycles. The van der Waals surface area contributed by atoms with Crippen molar-refractivity contribution < 1.29 is 14.9 Å². The van der Waals surface area contributed by atoms with Crippen LogP contribution in [0.4, 0.5) is 5.69 Å². The summed E-state index contributed by atoms with van der Waals surface area (Å²) in [7, 11) is 1.62. The minimum Gasteiger partial charge on any atom is -0.508 e. The van der Waals surface area contributed by atoms with Crippen molar-refractivity contribution in [1.82, 2.24) is 9.55 Å². The van der Waals surface area contributed by atoms with E-state index in [2.05, 4.69) is 23.7 Å². The molecule has 2 aromatic carbocycles. The molecular formula is C22H27N3O4. The van der Waals surface area contributed by atoms with Gasteiger partial charge in [-0.05, 0) is 50.1 Å². The molecule has 7 heteroatoms. The van der Waals surface area contributed by atoms with E-state index in [1.54, 1.807) is 19.4 Å². The van der Waals surface area contributed by atoms with Gasteiger partial charge in [0.1, 0.15) is 17.2 Å². The van der Waals surface area contributed by atoms with Gasteiger partial charge < -0.3 is 24.8 Å². The molecule has 0 unspecified atom stereocenters. The van der Waals surface area contributed by atoms with E-state index in [9.17, 15) is 15.0 Å². The number of hydrogen-bond donors (Lipinski definition) is 3. The summed E-state index contributed by atoms with van der Waals surface area (Å²) in [6, 6.07) is 8.57. The average Bonchev–Trinajstić information content (AvgIpc) is 3.10. The zero-order valence-corrected chi connectivity index (χ0v) is 17.2. The van der Waals surface area contributed by atoms with Gasteiger partial charge >= 0.3 is 5.69 Å². The van der Waals surface area contributed by atoms with Crippen molar-refractivity contribution >= 4 is 5.69 Å². The highest BCUT2D eigenvalue weighted by atomic mass is 16.5. The van der Waals surface area contributed by atoms with Crippen LogP contribution < -0.4 is 15.3 Å². The zero-order chi connectivity index (χ0) is 21.1. The largest absolute Gasteiger partial charge is 0.508 e. The van der Waals surface area contributed by atoms with Crippen LogP contribution in [0.25, 0.3) is 16.9 Å². The summed E-state index contributed by atoms with van der Waals surface area (Å²) in [5, 5.41) is 20.4. The predicted molar refractivity (Wildman–Crippen MR) is 115 cm³/mol. The van der Waals surface area contributed by atoms with Crippen molar-refractivity contribution in [2.75, 3.05) is 25.1 Å². The molecule has 0 atom stereocenters. The summed E-state index contributed by atoms with van der Waals surface area (Å²) in [6.45, 7) is 7.63. The Morgan fingerprint density at radius 3 is 2.41 bits per heavy atom. The first-order valence-corrected chi connectivity index (χ1v) is 9.74. The number of benzene rings is 2. The third kappa shape index (κ3) is 3.68. The summed E-state index contributed by atoms with van der Waals surface area (Å²) in [5.41, 5.74) is 2.89. The Bertz CT molecular complexity index is 1060. The fraction of sp³-hybridized carbons (Fsp3) is 0.318. The van der Waals surface area contributed by atoms with Gasteiger partial charge in [0.25, 0.3) is 0 Å². The Kier molecular flexibility index (Phi) is 5.87. The van der Waals surface area contributed by atoms with Crippen LogP contribution in [0.3, 0.4) is 0 Å². The molecule has 0 spiro atoms. The Morgan fingerprint density at radius 2 is 1.79 bits per heavy atom. The van der Waals surface area contributed by atoms with Crippen molar-refractivity contribution in [3.05, 3.63) is 52.6 Å². The molecule has 0 saturated carbocycles. The van der Waals surface area contributed by atoms with E-state index < -0.39 is 0 Å². The molecule has 3 N–H and O–H groups in total. The van der Waals surface area contributed by atoms with Crippen molar-refractivity contribution in [3.8, 4) is 34.2 Å². The van der Waals surface area contributed by atoms with E-state index in [1.807, 2.05) is 25.1 Å². The highest BCUT2D eigenvalue weighted by Crippen LogP contribution is 2.37. The number of rotatable bonds is 7. The monoisotopic (exact) mass is 397 g/mol. The van der Waals surface area contributed by atoms with Gasteiger partial charge in [0.15, 0.2) is 0 Å². The number of methoxy groups -OCH3 is 1. The van der Waals surface area contributed by atoms with Gasteiger partial charge in [0, 0.05) is 30.9 Å². The number of aromatic nitrogens is 2. The summed E-state index contributed by atoms with van der Waals surface area (Å²) in [4.78, 5) is 17.5. The van der Waals surface area contributed by atoms with Crippen LogP contribution in [0.2, 0.25) is 0 Å². The molecule has 1 aromatic heterocycles. The van der Waals surface area contributed by atoms with Crippen LogP contribution >= 0.6 is 0 Å². The fourth-order valence-electron chi connectivity index (χ4n) is 3.56. The summed E-state index contributed by atoms with van der Waals surface area (Å²) in [6.07, 6.45) is 2.16. The van der Waals surface area contributed by atoms with Crippen LogP contribution in [0, 0.1) is 0 Å². The van der Waals surface area contributed by atoms with Crippen molar-refractivity contribution in [3.63, 3.8) is 0 Å². The lowest BCUT2D eigenvalue weighted by atomic mass is 10.0. The lowest BCUT2D eigenvalue weighted by Gasteiger charge is -2.24. The third-order valence-electron chi connectivity index (χ3n) is 5.15. The maximum atomic E-state index is 12.7. The third-order valence-corrected chi connectivity index (χ3v) is 5.15. The minimum absolute atomic E-state index is 0.0337. The van der Waals surface area contributed by atoms with Crippen LogP contribution in [0.15, 0.2) is 41.3 Å². The summed E-state index contributed by atoms with van der Waals surface area (Å²) >= 11 is 0. The number of aryl methyl sites for hydroxylation is 1. The van der Waals surface area contributed by atoms with E-state index in [1.165, 1.54) is 10.6 Å². The number of H-pyrrole nitrogens is 1. The average molecular weight is 397 g/mol. The molecule has 0 radical (unpaired) electrons. The standard InChI is InChI=1S/C22H27N3O4/c1-5-14-10-16(20(27)12-19(14)26)18-13-23-22(28)25(18)15-8-9-21(29-4)17(11-15)24(6-2)7-3/h8-13,26-27H,5-7H2,1-4H3,(H,23,28). The molecule has 1 heterocycles. The maximum absolute atomic E-state index is 12.7. The lowest BCUT2D eigenvalue weighted by molar-refractivity contribution is 0.414.